The molecule has 0 radical (unpaired) electrons. The zero-order valence-corrected chi connectivity index (χ0v) is 8.25. The molecule has 1 atom stereocenters. The van der Waals surface area contributed by atoms with E-state index >= 15 is 0 Å². The molecule has 0 aromatic rings. The number of hydrogen-bond donors (Lipinski definition) is 0. The van der Waals surface area contributed by atoms with E-state index in [0.29, 0.717) is 25.1 Å². The number of hydrogen-bond acceptors (Lipinski definition) is 1. The van der Waals surface area contributed by atoms with Crippen LogP contribution in [0.15, 0.2) is 12.2 Å². The summed E-state index contributed by atoms with van der Waals surface area (Å²) in [6.07, 6.45) is 1.16. The van der Waals surface area contributed by atoms with E-state index in [2.05, 4.69) is 6.92 Å². The Hall–Kier alpha value is -0.930. The van der Waals surface area contributed by atoms with E-state index < -0.39 is 6.43 Å². The molecule has 0 aromatic heterocycles. The number of halogens is 2. The van der Waals surface area contributed by atoms with E-state index in [1.54, 1.807) is 4.90 Å². The number of amides is 1. The number of nitrogens with zero attached hydrogens (tertiary/aromatic N) is 1. The van der Waals surface area contributed by atoms with Crippen LogP contribution in [0, 0.1) is 5.92 Å². The van der Waals surface area contributed by atoms with Crippen LogP contribution in [0.5, 0.6) is 0 Å². The molecule has 4 heteroatoms. The largest absolute Gasteiger partial charge is 0.339 e. The van der Waals surface area contributed by atoms with Crippen LogP contribution in [0.2, 0.25) is 0 Å². The lowest BCUT2D eigenvalue weighted by Gasteiger charge is -2.30. The monoisotopic (exact) mass is 203 g/mol. The average Bonchev–Trinajstić information content (AvgIpc) is 2.14. The molecule has 0 spiro atoms. The van der Waals surface area contributed by atoms with Gasteiger partial charge < -0.3 is 4.90 Å². The molecule has 1 fully saturated rings. The third kappa shape index (κ3) is 3.44. The van der Waals surface area contributed by atoms with Gasteiger partial charge in [-0.15, -0.1) is 0 Å². The van der Waals surface area contributed by atoms with Crippen molar-refractivity contribution in [3.05, 3.63) is 12.2 Å². The van der Waals surface area contributed by atoms with E-state index in [1.165, 1.54) is 0 Å². The Labute approximate surface area is 82.6 Å². The minimum Gasteiger partial charge on any atom is -0.339 e. The maximum Gasteiger partial charge on any atom is 0.257 e. The molecule has 1 aliphatic rings. The standard InChI is InChI=1S/C10H15F2NO/c1-8-3-2-6-13(7-8)10(14)5-4-9(11)12/h4-5,8-9H,2-3,6-7H2,1H3/b5-4+. The molecule has 1 rings (SSSR count). The Morgan fingerprint density at radius 2 is 2.29 bits per heavy atom. The summed E-state index contributed by atoms with van der Waals surface area (Å²) in [5, 5.41) is 0. The summed E-state index contributed by atoms with van der Waals surface area (Å²) in [4.78, 5) is 13.0. The number of likely N-dealkylation sites (tertiary alicyclic amines) is 1. The van der Waals surface area contributed by atoms with Gasteiger partial charge in [-0.25, -0.2) is 8.78 Å². The predicted octanol–water partition coefficient (Wildman–Crippen LogP) is 2.07. The van der Waals surface area contributed by atoms with Gasteiger partial charge in [-0.1, -0.05) is 6.92 Å². The minimum atomic E-state index is -2.54. The van der Waals surface area contributed by atoms with Crippen LogP contribution in [0.4, 0.5) is 8.78 Å². The van der Waals surface area contributed by atoms with Crippen molar-refractivity contribution in [1.82, 2.24) is 4.90 Å². The number of carbonyl (C=O) groups excluding carboxylic acids is 1. The molecular formula is C10H15F2NO. The summed E-state index contributed by atoms with van der Waals surface area (Å²) in [6, 6.07) is 0. The lowest BCUT2D eigenvalue weighted by atomic mass is 10.0. The highest BCUT2D eigenvalue weighted by molar-refractivity contribution is 5.87. The summed E-state index contributed by atoms with van der Waals surface area (Å²) in [6.45, 7) is 3.44. The van der Waals surface area contributed by atoms with Crippen LogP contribution in [-0.2, 0) is 4.79 Å². The van der Waals surface area contributed by atoms with Crippen molar-refractivity contribution in [2.75, 3.05) is 13.1 Å². The third-order valence-corrected chi connectivity index (χ3v) is 2.35. The van der Waals surface area contributed by atoms with Crippen molar-refractivity contribution < 1.29 is 13.6 Å². The highest BCUT2D eigenvalue weighted by atomic mass is 19.3. The second-order valence-corrected chi connectivity index (χ2v) is 3.73. The molecule has 1 saturated heterocycles. The fraction of sp³-hybridized carbons (Fsp3) is 0.700. The molecule has 1 heterocycles. The Kier molecular flexibility index (Phi) is 4.04. The van der Waals surface area contributed by atoms with Crippen LogP contribution in [-0.4, -0.2) is 30.3 Å². The zero-order valence-electron chi connectivity index (χ0n) is 8.25. The SMILES string of the molecule is CC1CCCN(C(=O)/C=C/C(F)F)C1. The van der Waals surface area contributed by atoms with Crippen molar-refractivity contribution in [2.24, 2.45) is 5.92 Å². The van der Waals surface area contributed by atoms with E-state index in [-0.39, 0.29) is 5.91 Å². The summed E-state index contributed by atoms with van der Waals surface area (Å²) in [5.41, 5.74) is 0. The van der Waals surface area contributed by atoms with Crippen molar-refractivity contribution in [2.45, 2.75) is 26.2 Å². The topological polar surface area (TPSA) is 20.3 Å². The lowest BCUT2D eigenvalue weighted by Crippen LogP contribution is -2.38. The van der Waals surface area contributed by atoms with E-state index in [9.17, 15) is 13.6 Å². The fourth-order valence-electron chi connectivity index (χ4n) is 1.65. The predicted molar refractivity (Wildman–Crippen MR) is 50.1 cm³/mol. The molecule has 14 heavy (non-hydrogen) atoms. The van der Waals surface area contributed by atoms with E-state index in [0.717, 1.165) is 18.9 Å². The van der Waals surface area contributed by atoms with Gasteiger partial charge in [0.25, 0.3) is 6.43 Å². The molecule has 0 aromatic carbocycles. The average molecular weight is 203 g/mol. The second-order valence-electron chi connectivity index (χ2n) is 3.73. The Morgan fingerprint density at radius 1 is 1.57 bits per heavy atom. The second kappa shape index (κ2) is 5.08. The van der Waals surface area contributed by atoms with Crippen LogP contribution in [0.25, 0.3) is 0 Å². The lowest BCUT2D eigenvalue weighted by molar-refractivity contribution is -0.127. The highest BCUT2D eigenvalue weighted by Crippen LogP contribution is 2.15. The number of alkyl halides is 2. The molecule has 1 aliphatic heterocycles. The first-order valence-corrected chi connectivity index (χ1v) is 4.85. The minimum absolute atomic E-state index is 0.295. The number of piperidine rings is 1. The smallest absolute Gasteiger partial charge is 0.257 e. The van der Waals surface area contributed by atoms with Gasteiger partial charge in [-0.2, -0.15) is 0 Å². The molecule has 0 saturated carbocycles. The summed E-state index contributed by atoms with van der Waals surface area (Å²) in [7, 11) is 0. The van der Waals surface area contributed by atoms with Crippen molar-refractivity contribution >= 4 is 5.91 Å². The number of carbonyl (C=O) groups is 1. The Morgan fingerprint density at radius 3 is 2.86 bits per heavy atom. The molecule has 0 aliphatic carbocycles. The van der Waals surface area contributed by atoms with E-state index in [4.69, 9.17) is 0 Å². The maximum absolute atomic E-state index is 11.8. The van der Waals surface area contributed by atoms with Crippen LogP contribution >= 0.6 is 0 Å². The van der Waals surface area contributed by atoms with Gasteiger partial charge in [0.05, 0.1) is 0 Å². The van der Waals surface area contributed by atoms with Crippen molar-refractivity contribution in [3.63, 3.8) is 0 Å². The van der Waals surface area contributed by atoms with Gasteiger partial charge in [0.2, 0.25) is 5.91 Å². The first kappa shape index (κ1) is 11.1. The van der Waals surface area contributed by atoms with Gasteiger partial charge in [0.1, 0.15) is 0 Å². The van der Waals surface area contributed by atoms with Gasteiger partial charge in [-0.05, 0) is 24.8 Å². The fourth-order valence-corrected chi connectivity index (χ4v) is 1.65. The zero-order chi connectivity index (χ0) is 10.6. The highest BCUT2D eigenvalue weighted by Gasteiger charge is 2.19. The first-order chi connectivity index (χ1) is 6.59. The maximum atomic E-state index is 11.8. The van der Waals surface area contributed by atoms with Gasteiger partial charge in [0, 0.05) is 19.2 Å². The normalized spacial score (nSPS) is 23.4. The van der Waals surface area contributed by atoms with Crippen LogP contribution in [0.3, 0.4) is 0 Å². The van der Waals surface area contributed by atoms with Crippen LogP contribution < -0.4 is 0 Å². The van der Waals surface area contributed by atoms with Gasteiger partial charge in [-0.3, -0.25) is 4.79 Å². The number of rotatable bonds is 2. The quantitative estimate of drug-likeness (QED) is 0.629. The molecule has 1 unspecified atom stereocenters. The Balaban J connectivity index is 2.43. The van der Waals surface area contributed by atoms with Gasteiger partial charge in [0.15, 0.2) is 0 Å². The molecule has 80 valence electrons. The molecule has 2 nitrogen and oxygen atoms in total. The van der Waals surface area contributed by atoms with Crippen molar-refractivity contribution in [3.8, 4) is 0 Å². The molecule has 1 amide bonds. The molecule has 0 N–H and O–H groups in total. The van der Waals surface area contributed by atoms with Gasteiger partial charge >= 0.3 is 0 Å². The Bertz CT molecular complexity index is 228. The third-order valence-electron chi connectivity index (χ3n) is 2.35. The summed E-state index contributed by atoms with van der Waals surface area (Å²) in [5.74, 6) is 0.185. The number of allylic oxidation sites excluding steroid dienone is 1. The van der Waals surface area contributed by atoms with E-state index in [1.807, 2.05) is 0 Å². The molecule has 0 bridgehead atoms. The van der Waals surface area contributed by atoms with Crippen LogP contribution in [0.1, 0.15) is 19.8 Å². The summed E-state index contributed by atoms with van der Waals surface area (Å²) >= 11 is 0. The molecular weight excluding hydrogens is 188 g/mol. The van der Waals surface area contributed by atoms with Crippen molar-refractivity contribution in [1.29, 1.82) is 0 Å². The summed E-state index contributed by atoms with van der Waals surface area (Å²) < 4.78 is 23.6. The first-order valence-electron chi connectivity index (χ1n) is 4.85.